The molecule has 2 rings (SSSR count). The van der Waals surface area contributed by atoms with E-state index in [0.29, 0.717) is 13.2 Å². The summed E-state index contributed by atoms with van der Waals surface area (Å²) in [5.74, 6) is -0.281. The highest BCUT2D eigenvalue weighted by Gasteiger charge is 2.03. The number of carbonyl (C=O) groups is 1. The minimum absolute atomic E-state index is 0.281. The van der Waals surface area contributed by atoms with Gasteiger partial charge in [0.05, 0.1) is 6.61 Å². The molecule has 0 N–H and O–H groups in total. The molecule has 0 saturated carbocycles. The van der Waals surface area contributed by atoms with Gasteiger partial charge >= 0.3 is 5.97 Å². The van der Waals surface area contributed by atoms with Crippen LogP contribution in [0, 0.1) is 0 Å². The molecule has 0 amide bonds. The molecule has 2 aromatic rings. The van der Waals surface area contributed by atoms with E-state index < -0.39 is 0 Å². The van der Waals surface area contributed by atoms with E-state index in [-0.39, 0.29) is 5.97 Å². The van der Waals surface area contributed by atoms with Crippen LogP contribution in [0.3, 0.4) is 0 Å². The van der Waals surface area contributed by atoms with Gasteiger partial charge in [-0.15, -0.1) is 0 Å². The zero-order valence-corrected chi connectivity index (χ0v) is 12.6. The molecular formula is C18H21NO2. The molecule has 110 valence electrons. The third-order valence-corrected chi connectivity index (χ3v) is 3.28. The number of likely N-dealkylation sites (N-methyl/N-ethyl adjacent to an activating group) is 1. The number of fused-ring (bicyclic) bond motifs is 1. The van der Waals surface area contributed by atoms with Crippen LogP contribution in [0.25, 0.3) is 10.8 Å². The Hall–Kier alpha value is -2.13. The molecule has 0 fully saturated rings. The van der Waals surface area contributed by atoms with Crippen LogP contribution in [0.15, 0.2) is 54.6 Å². The van der Waals surface area contributed by atoms with E-state index in [2.05, 4.69) is 47.4 Å². The Morgan fingerprint density at radius 1 is 1.19 bits per heavy atom. The molecule has 0 heterocycles. The van der Waals surface area contributed by atoms with Crippen LogP contribution in [0.1, 0.15) is 12.5 Å². The molecule has 0 radical (unpaired) electrons. The van der Waals surface area contributed by atoms with Crippen molar-refractivity contribution in [1.29, 1.82) is 0 Å². The number of nitrogens with zero attached hydrogens (tertiary/aromatic N) is 1. The van der Waals surface area contributed by atoms with Gasteiger partial charge in [0.25, 0.3) is 0 Å². The second kappa shape index (κ2) is 7.60. The van der Waals surface area contributed by atoms with E-state index in [1.807, 2.05) is 13.1 Å². The van der Waals surface area contributed by atoms with Crippen molar-refractivity contribution < 1.29 is 9.53 Å². The Labute approximate surface area is 125 Å². The summed E-state index contributed by atoms with van der Waals surface area (Å²) >= 11 is 0. The van der Waals surface area contributed by atoms with Gasteiger partial charge in [0, 0.05) is 19.2 Å². The van der Waals surface area contributed by atoms with Crippen molar-refractivity contribution in [1.82, 2.24) is 4.90 Å². The third-order valence-electron chi connectivity index (χ3n) is 3.28. The molecule has 0 saturated heterocycles. The predicted molar refractivity (Wildman–Crippen MR) is 86.1 cm³/mol. The van der Waals surface area contributed by atoms with Crippen molar-refractivity contribution in [3.05, 3.63) is 60.2 Å². The van der Waals surface area contributed by atoms with Crippen LogP contribution >= 0.6 is 0 Å². The molecule has 0 spiro atoms. The molecule has 0 bridgehead atoms. The summed E-state index contributed by atoms with van der Waals surface area (Å²) in [4.78, 5) is 13.4. The summed E-state index contributed by atoms with van der Waals surface area (Å²) in [7, 11) is 2.04. The number of carbonyl (C=O) groups excluding carboxylic acids is 1. The highest BCUT2D eigenvalue weighted by molar-refractivity contribution is 5.85. The molecule has 0 aliphatic heterocycles. The van der Waals surface area contributed by atoms with Crippen LogP contribution in [-0.4, -0.2) is 31.1 Å². The Morgan fingerprint density at radius 2 is 1.95 bits per heavy atom. The number of hydrogen-bond acceptors (Lipinski definition) is 3. The van der Waals surface area contributed by atoms with Gasteiger partial charge in [0.1, 0.15) is 0 Å². The van der Waals surface area contributed by atoms with Crippen LogP contribution in [-0.2, 0) is 16.1 Å². The maximum atomic E-state index is 11.2. The van der Waals surface area contributed by atoms with Crippen LogP contribution in [0.2, 0.25) is 0 Å². The van der Waals surface area contributed by atoms with Crippen molar-refractivity contribution in [3.8, 4) is 0 Å². The Morgan fingerprint density at radius 3 is 2.76 bits per heavy atom. The van der Waals surface area contributed by atoms with E-state index in [9.17, 15) is 4.79 Å². The van der Waals surface area contributed by atoms with E-state index in [1.54, 1.807) is 6.92 Å². The van der Waals surface area contributed by atoms with Gasteiger partial charge in [-0.05, 0) is 30.3 Å². The van der Waals surface area contributed by atoms with Crippen molar-refractivity contribution >= 4 is 16.7 Å². The van der Waals surface area contributed by atoms with E-state index in [4.69, 9.17) is 4.74 Å². The maximum absolute atomic E-state index is 11.2. The van der Waals surface area contributed by atoms with Crippen LogP contribution in [0.4, 0.5) is 0 Å². The normalized spacial score (nSPS) is 11.4. The lowest BCUT2D eigenvalue weighted by molar-refractivity contribution is -0.137. The zero-order chi connectivity index (χ0) is 15.1. The molecule has 21 heavy (non-hydrogen) atoms. The third kappa shape index (κ3) is 4.43. The largest absolute Gasteiger partial charge is 0.463 e. The molecular weight excluding hydrogens is 262 g/mol. The fraction of sp³-hybridized carbons (Fsp3) is 0.278. The lowest BCUT2D eigenvalue weighted by atomic mass is 10.0. The molecule has 0 aromatic heterocycles. The summed E-state index contributed by atoms with van der Waals surface area (Å²) in [6.07, 6.45) is 3.33. The van der Waals surface area contributed by atoms with E-state index >= 15 is 0 Å². The number of ether oxygens (including phenoxy) is 1. The highest BCUT2D eigenvalue weighted by Crippen LogP contribution is 2.19. The fourth-order valence-electron chi connectivity index (χ4n) is 2.30. The molecule has 0 aliphatic rings. The lowest BCUT2D eigenvalue weighted by Crippen LogP contribution is -2.18. The molecule has 3 nitrogen and oxygen atoms in total. The average molecular weight is 283 g/mol. The summed E-state index contributed by atoms with van der Waals surface area (Å²) in [5, 5.41) is 2.53. The van der Waals surface area contributed by atoms with E-state index in [0.717, 1.165) is 6.54 Å². The van der Waals surface area contributed by atoms with Crippen LogP contribution in [0.5, 0.6) is 0 Å². The first-order valence-corrected chi connectivity index (χ1v) is 7.19. The van der Waals surface area contributed by atoms with E-state index in [1.165, 1.54) is 22.4 Å². The second-order valence-corrected chi connectivity index (χ2v) is 4.99. The van der Waals surface area contributed by atoms with Gasteiger partial charge in [-0.3, -0.25) is 4.90 Å². The van der Waals surface area contributed by atoms with Gasteiger partial charge in [-0.25, -0.2) is 4.79 Å². The predicted octanol–water partition coefficient (Wildman–Crippen LogP) is 3.39. The molecule has 3 heteroatoms. The van der Waals surface area contributed by atoms with Gasteiger partial charge in [-0.2, -0.15) is 0 Å². The minimum Gasteiger partial charge on any atom is -0.463 e. The number of rotatable bonds is 6. The van der Waals surface area contributed by atoms with Gasteiger partial charge < -0.3 is 4.74 Å². The van der Waals surface area contributed by atoms with Crippen molar-refractivity contribution in [2.45, 2.75) is 13.5 Å². The first-order valence-electron chi connectivity index (χ1n) is 7.19. The summed E-state index contributed by atoms with van der Waals surface area (Å²) in [6.45, 7) is 3.77. The van der Waals surface area contributed by atoms with Crippen molar-refractivity contribution in [2.24, 2.45) is 0 Å². The Balaban J connectivity index is 1.98. The summed E-state index contributed by atoms with van der Waals surface area (Å²) in [5.41, 5.74) is 1.29. The second-order valence-electron chi connectivity index (χ2n) is 4.99. The summed E-state index contributed by atoms with van der Waals surface area (Å²) < 4.78 is 4.86. The Kier molecular flexibility index (Phi) is 5.52. The number of esters is 1. The van der Waals surface area contributed by atoms with Gasteiger partial charge in [0.2, 0.25) is 0 Å². The molecule has 0 unspecified atom stereocenters. The van der Waals surface area contributed by atoms with Gasteiger partial charge in [0.15, 0.2) is 0 Å². The quantitative estimate of drug-likeness (QED) is 0.601. The lowest BCUT2D eigenvalue weighted by Gasteiger charge is -2.16. The first-order chi connectivity index (χ1) is 10.2. The maximum Gasteiger partial charge on any atom is 0.330 e. The zero-order valence-electron chi connectivity index (χ0n) is 12.6. The fourth-order valence-corrected chi connectivity index (χ4v) is 2.30. The monoisotopic (exact) mass is 283 g/mol. The standard InChI is InChI=1S/C18H21NO2/c1-3-21-18(20)12-7-13-19(2)14-16-10-6-9-15-8-4-5-11-17(15)16/h4-12H,3,13-14H2,1-2H3. The van der Waals surface area contributed by atoms with Gasteiger partial charge in [-0.1, -0.05) is 48.5 Å². The Bertz CT molecular complexity index is 629. The SMILES string of the molecule is CCOC(=O)C=CCN(C)Cc1cccc2ccccc12. The smallest absolute Gasteiger partial charge is 0.330 e. The number of benzene rings is 2. The molecule has 0 atom stereocenters. The topological polar surface area (TPSA) is 29.5 Å². The average Bonchev–Trinajstić information content (AvgIpc) is 2.48. The number of hydrogen-bond donors (Lipinski definition) is 0. The minimum atomic E-state index is -0.281. The molecule has 0 aliphatic carbocycles. The van der Waals surface area contributed by atoms with Crippen molar-refractivity contribution in [3.63, 3.8) is 0 Å². The summed E-state index contributed by atoms with van der Waals surface area (Å²) in [6, 6.07) is 14.7. The highest BCUT2D eigenvalue weighted by atomic mass is 16.5. The first kappa shape index (κ1) is 15.3. The van der Waals surface area contributed by atoms with Crippen LogP contribution < -0.4 is 0 Å². The van der Waals surface area contributed by atoms with Crippen molar-refractivity contribution in [2.75, 3.05) is 20.2 Å². The molecule has 2 aromatic carbocycles.